The molecule has 1 aliphatic rings. The van der Waals surface area contributed by atoms with Gasteiger partial charge < -0.3 is 10.6 Å². The maximum atomic E-state index is 11.4. The average molecular weight is 311 g/mol. The number of thioether (sulfide) groups is 1. The summed E-state index contributed by atoms with van der Waals surface area (Å²) < 4.78 is 0. The molecule has 0 saturated heterocycles. The van der Waals surface area contributed by atoms with Gasteiger partial charge in [0.2, 0.25) is 11.6 Å². The summed E-state index contributed by atoms with van der Waals surface area (Å²) in [4.78, 5) is 19.5. The number of aromatic nitrogens is 2. The molecule has 1 aromatic rings. The molecule has 21 heavy (non-hydrogen) atoms. The molecule has 8 heteroatoms. The van der Waals surface area contributed by atoms with Crippen molar-refractivity contribution in [3.05, 3.63) is 10.1 Å². The van der Waals surface area contributed by atoms with Crippen LogP contribution in [0.25, 0.3) is 0 Å². The van der Waals surface area contributed by atoms with Gasteiger partial charge in [-0.2, -0.15) is 9.97 Å². The molecule has 1 aliphatic carbocycles. The third kappa shape index (κ3) is 3.96. The second-order valence-electron chi connectivity index (χ2n) is 5.58. The molecular weight excluding hydrogens is 290 g/mol. The molecule has 0 radical (unpaired) electrons. The summed E-state index contributed by atoms with van der Waals surface area (Å²) in [5.41, 5.74) is -0.0750. The lowest BCUT2D eigenvalue weighted by Crippen LogP contribution is -2.21. The summed E-state index contributed by atoms with van der Waals surface area (Å²) in [6.07, 6.45) is 4.19. The minimum absolute atomic E-state index is 0.0574. The highest BCUT2D eigenvalue weighted by Crippen LogP contribution is 2.37. The molecule has 0 spiro atoms. The lowest BCUT2D eigenvalue weighted by molar-refractivity contribution is -0.383. The number of nitro groups is 1. The van der Waals surface area contributed by atoms with E-state index in [0.717, 1.165) is 0 Å². The van der Waals surface area contributed by atoms with Crippen LogP contribution in [0.4, 0.5) is 17.3 Å². The number of hydrogen-bond donors (Lipinski definition) is 2. The molecular formula is C13H21N5O2S. The highest BCUT2D eigenvalue weighted by Gasteiger charge is 2.32. The fourth-order valence-corrected chi connectivity index (χ4v) is 2.47. The van der Waals surface area contributed by atoms with Crippen molar-refractivity contribution in [1.29, 1.82) is 0 Å². The van der Waals surface area contributed by atoms with Gasteiger partial charge in [0.1, 0.15) is 0 Å². The molecule has 0 aliphatic heterocycles. The van der Waals surface area contributed by atoms with Crippen LogP contribution in [0, 0.1) is 16.0 Å². The van der Waals surface area contributed by atoms with Gasteiger partial charge in [0.15, 0.2) is 5.16 Å². The SMILES string of the molecule is CSc1nc(NC(C)C)c([N+](=O)[O-])c(NC(C)C2CC2)n1. The molecule has 2 rings (SSSR count). The summed E-state index contributed by atoms with van der Waals surface area (Å²) in [6, 6.07) is 0.238. The van der Waals surface area contributed by atoms with Gasteiger partial charge >= 0.3 is 5.69 Å². The Morgan fingerprint density at radius 2 is 1.81 bits per heavy atom. The van der Waals surface area contributed by atoms with E-state index in [2.05, 4.69) is 20.6 Å². The quantitative estimate of drug-likeness (QED) is 0.346. The Kier molecular flexibility index (Phi) is 4.87. The maximum absolute atomic E-state index is 11.4. The lowest BCUT2D eigenvalue weighted by Gasteiger charge is -2.16. The molecule has 1 heterocycles. The molecule has 0 bridgehead atoms. The van der Waals surface area contributed by atoms with E-state index in [-0.39, 0.29) is 23.6 Å². The second-order valence-corrected chi connectivity index (χ2v) is 6.36. The predicted molar refractivity (Wildman–Crippen MR) is 85.0 cm³/mol. The number of nitrogens with one attached hydrogen (secondary N) is 2. The molecule has 116 valence electrons. The minimum Gasteiger partial charge on any atom is -0.362 e. The van der Waals surface area contributed by atoms with Crippen molar-refractivity contribution in [2.24, 2.45) is 5.92 Å². The average Bonchev–Trinajstić information content (AvgIpc) is 3.21. The largest absolute Gasteiger partial charge is 0.362 e. The Morgan fingerprint density at radius 3 is 2.24 bits per heavy atom. The Balaban J connectivity index is 2.40. The highest BCUT2D eigenvalue weighted by molar-refractivity contribution is 7.98. The number of hydrogen-bond acceptors (Lipinski definition) is 7. The molecule has 1 atom stereocenters. The van der Waals surface area contributed by atoms with Gasteiger partial charge in [-0.25, -0.2) is 0 Å². The van der Waals surface area contributed by atoms with Gasteiger partial charge in [-0.3, -0.25) is 10.1 Å². The summed E-state index contributed by atoms with van der Waals surface area (Å²) in [6.45, 7) is 5.88. The van der Waals surface area contributed by atoms with Gasteiger partial charge in [0, 0.05) is 12.1 Å². The Morgan fingerprint density at radius 1 is 1.24 bits per heavy atom. The Bertz CT molecular complexity index is 534. The van der Waals surface area contributed by atoms with Crippen LogP contribution in [-0.2, 0) is 0 Å². The maximum Gasteiger partial charge on any atom is 0.353 e. The summed E-state index contributed by atoms with van der Waals surface area (Å²) >= 11 is 1.37. The van der Waals surface area contributed by atoms with E-state index < -0.39 is 4.92 Å². The van der Waals surface area contributed by atoms with Gasteiger partial charge in [-0.05, 0) is 45.8 Å². The van der Waals surface area contributed by atoms with E-state index in [1.54, 1.807) is 0 Å². The summed E-state index contributed by atoms with van der Waals surface area (Å²) in [7, 11) is 0. The second kappa shape index (κ2) is 6.46. The van der Waals surface area contributed by atoms with Crippen LogP contribution < -0.4 is 10.6 Å². The molecule has 1 unspecified atom stereocenters. The number of anilines is 2. The van der Waals surface area contributed by atoms with Gasteiger partial charge in [0.05, 0.1) is 4.92 Å². The van der Waals surface area contributed by atoms with Crippen molar-refractivity contribution < 1.29 is 4.92 Å². The van der Waals surface area contributed by atoms with E-state index in [1.807, 2.05) is 27.0 Å². The molecule has 1 saturated carbocycles. The first kappa shape index (κ1) is 15.8. The van der Waals surface area contributed by atoms with Crippen LogP contribution in [-0.4, -0.2) is 33.2 Å². The fourth-order valence-electron chi connectivity index (χ4n) is 2.10. The summed E-state index contributed by atoms with van der Waals surface area (Å²) in [5, 5.41) is 18.2. The minimum atomic E-state index is -0.420. The Hall–Kier alpha value is -1.57. The van der Waals surface area contributed by atoms with Crippen molar-refractivity contribution in [2.75, 3.05) is 16.9 Å². The molecule has 0 aromatic carbocycles. The molecule has 2 N–H and O–H groups in total. The van der Waals surface area contributed by atoms with Crippen LogP contribution in [0.15, 0.2) is 5.16 Å². The molecule has 1 fully saturated rings. The van der Waals surface area contributed by atoms with E-state index in [1.165, 1.54) is 24.6 Å². The molecule has 1 aromatic heterocycles. The van der Waals surface area contributed by atoms with Crippen molar-refractivity contribution in [3.8, 4) is 0 Å². The van der Waals surface area contributed by atoms with E-state index >= 15 is 0 Å². The highest BCUT2D eigenvalue weighted by atomic mass is 32.2. The normalized spacial score (nSPS) is 15.9. The Labute approximate surface area is 128 Å². The van der Waals surface area contributed by atoms with Crippen molar-refractivity contribution in [3.63, 3.8) is 0 Å². The monoisotopic (exact) mass is 311 g/mol. The fraction of sp³-hybridized carbons (Fsp3) is 0.692. The standard InChI is InChI=1S/C13H21N5O2S/c1-7(2)14-11-10(18(19)20)12(17-13(16-11)21-4)15-8(3)9-5-6-9/h7-9H,5-6H2,1-4H3,(H2,14,15,16,17). The first-order valence-electron chi connectivity index (χ1n) is 7.05. The van der Waals surface area contributed by atoms with Crippen molar-refractivity contribution >= 4 is 29.1 Å². The number of nitrogens with zero attached hydrogens (tertiary/aromatic N) is 3. The van der Waals surface area contributed by atoms with E-state index in [9.17, 15) is 10.1 Å². The number of rotatable bonds is 7. The molecule has 7 nitrogen and oxygen atoms in total. The van der Waals surface area contributed by atoms with Crippen molar-refractivity contribution in [1.82, 2.24) is 9.97 Å². The van der Waals surface area contributed by atoms with Crippen LogP contribution in [0.5, 0.6) is 0 Å². The van der Waals surface area contributed by atoms with E-state index in [0.29, 0.717) is 16.9 Å². The summed E-state index contributed by atoms with van der Waals surface area (Å²) in [5.74, 6) is 1.17. The topological polar surface area (TPSA) is 93.0 Å². The first-order valence-corrected chi connectivity index (χ1v) is 8.28. The van der Waals surface area contributed by atoms with Gasteiger partial charge in [-0.15, -0.1) is 0 Å². The van der Waals surface area contributed by atoms with Gasteiger partial charge in [0.25, 0.3) is 0 Å². The van der Waals surface area contributed by atoms with E-state index in [4.69, 9.17) is 0 Å². The third-order valence-corrected chi connectivity index (χ3v) is 3.90. The van der Waals surface area contributed by atoms with Crippen molar-refractivity contribution in [2.45, 2.75) is 50.9 Å². The van der Waals surface area contributed by atoms with Crippen LogP contribution in [0.1, 0.15) is 33.6 Å². The lowest BCUT2D eigenvalue weighted by atomic mass is 10.2. The predicted octanol–water partition coefficient (Wildman–Crippen LogP) is 3.14. The zero-order valence-corrected chi connectivity index (χ0v) is 13.5. The zero-order chi connectivity index (χ0) is 15.6. The molecule has 0 amide bonds. The third-order valence-electron chi connectivity index (χ3n) is 3.35. The van der Waals surface area contributed by atoms with Crippen LogP contribution in [0.2, 0.25) is 0 Å². The first-order chi connectivity index (χ1) is 9.92. The van der Waals surface area contributed by atoms with Crippen LogP contribution in [0.3, 0.4) is 0 Å². The zero-order valence-electron chi connectivity index (χ0n) is 12.7. The van der Waals surface area contributed by atoms with Crippen LogP contribution >= 0.6 is 11.8 Å². The smallest absolute Gasteiger partial charge is 0.353 e. The van der Waals surface area contributed by atoms with Gasteiger partial charge in [-0.1, -0.05) is 11.8 Å².